The fourth-order valence-corrected chi connectivity index (χ4v) is 4.34. The van der Waals surface area contributed by atoms with Crippen LogP contribution in [0.15, 0.2) is 46.8 Å². The van der Waals surface area contributed by atoms with Crippen molar-refractivity contribution in [1.29, 1.82) is 0 Å². The number of nitrogens with zero attached hydrogens (tertiary/aromatic N) is 2. The lowest BCUT2D eigenvalue weighted by Gasteiger charge is -2.15. The SMILES string of the molecule is Cc1ccc(-c2csc(Cc3cc(C)c(NC4=NCCCCN4)cc3C)n2)cc1. The number of aliphatic imine (C=N–C) groups is 1. The van der Waals surface area contributed by atoms with Gasteiger partial charge in [0.15, 0.2) is 5.96 Å². The Balaban J connectivity index is 1.50. The van der Waals surface area contributed by atoms with Gasteiger partial charge in [-0.15, -0.1) is 11.3 Å². The summed E-state index contributed by atoms with van der Waals surface area (Å²) in [5.41, 5.74) is 8.48. The summed E-state index contributed by atoms with van der Waals surface area (Å²) >= 11 is 1.74. The average Bonchev–Trinajstić information content (AvgIpc) is 3.01. The zero-order valence-electron chi connectivity index (χ0n) is 17.4. The molecule has 4 rings (SSSR count). The number of hydrogen-bond acceptors (Lipinski definition) is 5. The lowest BCUT2D eigenvalue weighted by molar-refractivity contribution is 0.749. The van der Waals surface area contributed by atoms with Crippen LogP contribution >= 0.6 is 11.3 Å². The van der Waals surface area contributed by atoms with Crippen LogP contribution in [0, 0.1) is 20.8 Å². The molecule has 2 aromatic carbocycles. The molecule has 0 aliphatic carbocycles. The molecule has 4 nitrogen and oxygen atoms in total. The van der Waals surface area contributed by atoms with Gasteiger partial charge in [-0.2, -0.15) is 0 Å². The summed E-state index contributed by atoms with van der Waals surface area (Å²) in [6.07, 6.45) is 3.18. The maximum Gasteiger partial charge on any atom is 0.195 e. The third-order valence-electron chi connectivity index (χ3n) is 5.32. The Morgan fingerprint density at radius 3 is 2.69 bits per heavy atom. The van der Waals surface area contributed by atoms with Crippen molar-refractivity contribution in [3.8, 4) is 11.3 Å². The maximum absolute atomic E-state index is 4.88. The van der Waals surface area contributed by atoms with Crippen molar-refractivity contribution in [3.05, 3.63) is 69.0 Å². The predicted octanol–water partition coefficient (Wildman–Crippen LogP) is 5.48. The number of nitrogens with one attached hydrogen (secondary N) is 2. The minimum atomic E-state index is 0.864. The van der Waals surface area contributed by atoms with Crippen LogP contribution in [0.1, 0.15) is 40.1 Å². The first-order valence-electron chi connectivity index (χ1n) is 10.3. The van der Waals surface area contributed by atoms with Gasteiger partial charge in [-0.1, -0.05) is 35.9 Å². The molecular weight excluding hydrogens is 376 g/mol. The molecule has 1 aliphatic rings. The van der Waals surface area contributed by atoms with Crippen molar-refractivity contribution < 1.29 is 0 Å². The van der Waals surface area contributed by atoms with Crippen LogP contribution in [0.5, 0.6) is 0 Å². The summed E-state index contributed by atoms with van der Waals surface area (Å²) in [5.74, 6) is 0.889. The van der Waals surface area contributed by atoms with Crippen LogP contribution in [0.4, 0.5) is 5.69 Å². The standard InChI is InChI=1S/C24H28N4S/c1-16-6-8-19(9-7-16)22-15-29-23(27-22)14-20-12-18(3)21(13-17(20)2)28-24-25-10-4-5-11-26-24/h6-9,12-13,15H,4-5,10-11,14H2,1-3H3,(H2,25,26,28). The number of anilines is 1. The zero-order valence-corrected chi connectivity index (χ0v) is 18.2. The molecule has 0 saturated carbocycles. The van der Waals surface area contributed by atoms with Crippen LogP contribution in [0.25, 0.3) is 11.3 Å². The van der Waals surface area contributed by atoms with Crippen molar-refractivity contribution >= 4 is 23.0 Å². The highest BCUT2D eigenvalue weighted by Gasteiger charge is 2.11. The molecule has 0 amide bonds. The molecule has 2 heterocycles. The van der Waals surface area contributed by atoms with Gasteiger partial charge in [0, 0.05) is 36.1 Å². The highest BCUT2D eigenvalue weighted by atomic mass is 32.1. The Kier molecular flexibility index (Phi) is 5.95. The molecule has 2 N–H and O–H groups in total. The maximum atomic E-state index is 4.88. The van der Waals surface area contributed by atoms with Crippen molar-refractivity contribution in [2.45, 2.75) is 40.0 Å². The number of thiazole rings is 1. The molecule has 3 aromatic rings. The van der Waals surface area contributed by atoms with E-state index in [0.29, 0.717) is 0 Å². The monoisotopic (exact) mass is 404 g/mol. The van der Waals surface area contributed by atoms with Gasteiger partial charge >= 0.3 is 0 Å². The van der Waals surface area contributed by atoms with Crippen LogP contribution in [-0.4, -0.2) is 24.0 Å². The molecule has 1 aromatic heterocycles. The van der Waals surface area contributed by atoms with Gasteiger partial charge < -0.3 is 10.6 Å². The molecular formula is C24H28N4S. The third-order valence-corrected chi connectivity index (χ3v) is 6.17. The predicted molar refractivity (Wildman–Crippen MR) is 124 cm³/mol. The molecule has 0 unspecified atom stereocenters. The summed E-state index contributed by atoms with van der Waals surface area (Å²) in [7, 11) is 0. The number of benzene rings is 2. The van der Waals surface area contributed by atoms with Crippen molar-refractivity contribution in [2.75, 3.05) is 18.4 Å². The van der Waals surface area contributed by atoms with E-state index in [4.69, 9.17) is 4.98 Å². The first-order chi connectivity index (χ1) is 14.1. The second kappa shape index (κ2) is 8.78. The fourth-order valence-electron chi connectivity index (χ4n) is 3.51. The Bertz CT molecular complexity index is 1020. The zero-order chi connectivity index (χ0) is 20.2. The van der Waals surface area contributed by atoms with Crippen LogP contribution < -0.4 is 10.6 Å². The smallest absolute Gasteiger partial charge is 0.195 e. The minimum absolute atomic E-state index is 0.864. The summed E-state index contributed by atoms with van der Waals surface area (Å²) in [6.45, 7) is 8.31. The number of hydrogen-bond donors (Lipinski definition) is 2. The Morgan fingerprint density at radius 1 is 1.03 bits per heavy atom. The topological polar surface area (TPSA) is 49.3 Å². The third kappa shape index (κ3) is 4.85. The van der Waals surface area contributed by atoms with E-state index in [1.54, 1.807) is 11.3 Å². The van der Waals surface area contributed by atoms with E-state index in [-0.39, 0.29) is 0 Å². The van der Waals surface area contributed by atoms with Gasteiger partial charge in [0.1, 0.15) is 0 Å². The number of rotatable bonds is 4. The summed E-state index contributed by atoms with van der Waals surface area (Å²) in [6, 6.07) is 13.1. The van der Waals surface area contributed by atoms with Crippen molar-refractivity contribution in [3.63, 3.8) is 0 Å². The summed E-state index contributed by atoms with van der Waals surface area (Å²) in [4.78, 5) is 9.48. The van der Waals surface area contributed by atoms with E-state index >= 15 is 0 Å². The van der Waals surface area contributed by atoms with Gasteiger partial charge in [-0.05, 0) is 56.4 Å². The molecule has 0 bridgehead atoms. The quantitative estimate of drug-likeness (QED) is 0.605. The Labute approximate surface area is 177 Å². The average molecular weight is 405 g/mol. The van der Waals surface area contributed by atoms with Crippen LogP contribution in [0.3, 0.4) is 0 Å². The lowest BCUT2D eigenvalue weighted by Crippen LogP contribution is -2.30. The molecule has 29 heavy (non-hydrogen) atoms. The van der Waals surface area contributed by atoms with Crippen LogP contribution in [0.2, 0.25) is 0 Å². The second-order valence-electron chi connectivity index (χ2n) is 7.75. The van der Waals surface area contributed by atoms with Gasteiger partial charge in [0.05, 0.1) is 10.7 Å². The fraction of sp³-hybridized carbons (Fsp3) is 0.333. The Hall–Kier alpha value is -2.66. The largest absolute Gasteiger partial charge is 0.356 e. The number of aromatic nitrogens is 1. The Morgan fingerprint density at radius 2 is 1.86 bits per heavy atom. The van der Waals surface area contributed by atoms with E-state index in [2.05, 4.69) is 78.2 Å². The van der Waals surface area contributed by atoms with Crippen molar-refractivity contribution in [1.82, 2.24) is 10.3 Å². The number of guanidine groups is 1. The molecule has 1 aliphatic heterocycles. The van der Waals surface area contributed by atoms with E-state index < -0.39 is 0 Å². The van der Waals surface area contributed by atoms with E-state index in [1.807, 2.05) is 0 Å². The molecule has 0 atom stereocenters. The highest BCUT2D eigenvalue weighted by molar-refractivity contribution is 7.10. The first kappa shape index (κ1) is 19.6. The molecule has 5 heteroatoms. The van der Waals surface area contributed by atoms with E-state index in [0.717, 1.165) is 48.3 Å². The molecule has 0 spiro atoms. The number of aryl methyl sites for hydroxylation is 3. The summed E-state index contributed by atoms with van der Waals surface area (Å²) in [5, 5.41) is 10.2. The van der Waals surface area contributed by atoms with E-state index in [9.17, 15) is 0 Å². The minimum Gasteiger partial charge on any atom is -0.356 e. The lowest BCUT2D eigenvalue weighted by atomic mass is 10.0. The van der Waals surface area contributed by atoms with Crippen LogP contribution in [-0.2, 0) is 6.42 Å². The second-order valence-corrected chi connectivity index (χ2v) is 8.69. The molecule has 0 saturated heterocycles. The van der Waals surface area contributed by atoms with Gasteiger partial charge in [-0.3, -0.25) is 4.99 Å². The molecule has 0 radical (unpaired) electrons. The first-order valence-corrected chi connectivity index (χ1v) is 11.1. The molecule has 150 valence electrons. The highest BCUT2D eigenvalue weighted by Crippen LogP contribution is 2.27. The summed E-state index contributed by atoms with van der Waals surface area (Å²) < 4.78 is 0. The van der Waals surface area contributed by atoms with Gasteiger partial charge in [0.25, 0.3) is 0 Å². The van der Waals surface area contributed by atoms with E-state index in [1.165, 1.54) is 34.2 Å². The van der Waals surface area contributed by atoms with Gasteiger partial charge in [0.2, 0.25) is 0 Å². The van der Waals surface area contributed by atoms with Gasteiger partial charge in [-0.25, -0.2) is 4.98 Å². The normalized spacial score (nSPS) is 14.1. The molecule has 0 fully saturated rings. The van der Waals surface area contributed by atoms with Crippen molar-refractivity contribution in [2.24, 2.45) is 4.99 Å².